The molecule has 0 spiro atoms. The monoisotopic (exact) mass is 455 g/mol. The minimum Gasteiger partial charge on any atom is -0.342 e. The Morgan fingerprint density at radius 1 is 1.13 bits per heavy atom. The number of sulfonamides is 1. The van der Waals surface area contributed by atoms with Crippen LogP contribution in [0.5, 0.6) is 0 Å². The Kier molecular flexibility index (Phi) is 5.11. The van der Waals surface area contributed by atoms with Gasteiger partial charge in [0.05, 0.1) is 10.5 Å². The third kappa shape index (κ3) is 4.06. The van der Waals surface area contributed by atoms with Gasteiger partial charge in [-0.15, -0.1) is 0 Å². The van der Waals surface area contributed by atoms with E-state index in [1.165, 1.54) is 17.6 Å². The molecule has 1 amide bonds. The van der Waals surface area contributed by atoms with E-state index in [9.17, 15) is 31.2 Å². The third-order valence-electron chi connectivity index (χ3n) is 5.77. The molecular formula is C20H20F3N3O4S. The Balaban J connectivity index is 1.65. The van der Waals surface area contributed by atoms with Crippen LogP contribution in [-0.2, 0) is 27.5 Å². The van der Waals surface area contributed by atoms with Crippen molar-refractivity contribution in [2.75, 3.05) is 17.8 Å². The van der Waals surface area contributed by atoms with Crippen molar-refractivity contribution >= 4 is 21.6 Å². The van der Waals surface area contributed by atoms with Gasteiger partial charge in [0.15, 0.2) is 0 Å². The summed E-state index contributed by atoms with van der Waals surface area (Å²) in [7, 11) is -4.40. The van der Waals surface area contributed by atoms with E-state index < -0.39 is 32.2 Å². The number of fused-ring (bicyclic) bond motifs is 4. The fourth-order valence-corrected chi connectivity index (χ4v) is 5.43. The van der Waals surface area contributed by atoms with Gasteiger partial charge in [0.1, 0.15) is 5.69 Å². The average molecular weight is 455 g/mol. The lowest BCUT2D eigenvalue weighted by atomic mass is 9.83. The van der Waals surface area contributed by atoms with Gasteiger partial charge in [-0.2, -0.15) is 13.2 Å². The van der Waals surface area contributed by atoms with Crippen LogP contribution in [0, 0.1) is 5.92 Å². The molecule has 1 aromatic carbocycles. The van der Waals surface area contributed by atoms with Crippen LogP contribution >= 0.6 is 0 Å². The van der Waals surface area contributed by atoms with Crippen LogP contribution in [0.15, 0.2) is 46.1 Å². The van der Waals surface area contributed by atoms with E-state index >= 15 is 0 Å². The van der Waals surface area contributed by atoms with Gasteiger partial charge in [0, 0.05) is 38.2 Å². The highest BCUT2D eigenvalue weighted by molar-refractivity contribution is 7.92. The first-order chi connectivity index (χ1) is 14.5. The van der Waals surface area contributed by atoms with Crippen LogP contribution in [0.4, 0.5) is 18.9 Å². The van der Waals surface area contributed by atoms with E-state index in [0.29, 0.717) is 31.4 Å². The van der Waals surface area contributed by atoms with E-state index in [-0.39, 0.29) is 23.4 Å². The number of carbonyl (C=O) groups is 1. The molecule has 3 heterocycles. The predicted molar refractivity (Wildman–Crippen MR) is 106 cm³/mol. The number of halogens is 3. The first kappa shape index (κ1) is 21.4. The number of amides is 1. The molecule has 2 aliphatic heterocycles. The van der Waals surface area contributed by atoms with Crippen molar-refractivity contribution in [3.05, 3.63) is 58.0 Å². The van der Waals surface area contributed by atoms with Crippen LogP contribution in [-0.4, -0.2) is 36.9 Å². The molecule has 2 atom stereocenters. The summed E-state index contributed by atoms with van der Waals surface area (Å²) in [6.45, 7) is 2.85. The van der Waals surface area contributed by atoms with Crippen molar-refractivity contribution in [3.8, 4) is 0 Å². The largest absolute Gasteiger partial charge is 0.416 e. The van der Waals surface area contributed by atoms with Crippen molar-refractivity contribution in [2.24, 2.45) is 5.92 Å². The molecule has 4 rings (SSSR count). The van der Waals surface area contributed by atoms with Gasteiger partial charge in [-0.3, -0.25) is 14.3 Å². The van der Waals surface area contributed by atoms with Gasteiger partial charge in [0.2, 0.25) is 5.91 Å². The van der Waals surface area contributed by atoms with Gasteiger partial charge in [-0.05, 0) is 42.7 Å². The second kappa shape index (κ2) is 7.40. The molecule has 1 saturated heterocycles. The Bertz CT molecular complexity index is 1210. The van der Waals surface area contributed by atoms with E-state index in [1.807, 2.05) is 0 Å². The highest BCUT2D eigenvalue weighted by Gasteiger charge is 2.36. The zero-order valence-corrected chi connectivity index (χ0v) is 17.3. The molecule has 31 heavy (non-hydrogen) atoms. The summed E-state index contributed by atoms with van der Waals surface area (Å²) in [6.07, 6.45) is -3.86. The molecule has 2 bridgehead atoms. The van der Waals surface area contributed by atoms with Gasteiger partial charge < -0.3 is 9.47 Å². The predicted octanol–water partition coefficient (Wildman–Crippen LogP) is 2.63. The number of likely N-dealkylation sites (tertiary alicyclic amines) is 1. The molecule has 1 aromatic heterocycles. The summed E-state index contributed by atoms with van der Waals surface area (Å²) in [4.78, 5) is 25.9. The lowest BCUT2D eigenvalue weighted by Crippen LogP contribution is -2.48. The van der Waals surface area contributed by atoms with Gasteiger partial charge >= 0.3 is 6.18 Å². The fourth-order valence-electron chi connectivity index (χ4n) is 4.32. The average Bonchev–Trinajstić information content (AvgIpc) is 2.69. The highest BCUT2D eigenvalue weighted by atomic mass is 32.2. The van der Waals surface area contributed by atoms with Crippen LogP contribution in [0.3, 0.4) is 0 Å². The molecule has 7 nitrogen and oxygen atoms in total. The molecule has 11 heteroatoms. The first-order valence-electron chi connectivity index (χ1n) is 9.65. The molecule has 0 radical (unpaired) electrons. The van der Waals surface area contributed by atoms with Crippen molar-refractivity contribution in [1.82, 2.24) is 9.47 Å². The van der Waals surface area contributed by atoms with Gasteiger partial charge in [0.25, 0.3) is 15.6 Å². The van der Waals surface area contributed by atoms with Crippen molar-refractivity contribution < 1.29 is 26.4 Å². The molecular weight excluding hydrogens is 435 g/mol. The number of nitrogens with zero attached hydrogens (tertiary/aromatic N) is 2. The number of benzene rings is 1. The van der Waals surface area contributed by atoms with Crippen LogP contribution in [0.25, 0.3) is 0 Å². The van der Waals surface area contributed by atoms with Crippen molar-refractivity contribution in [2.45, 2.75) is 36.9 Å². The minimum atomic E-state index is -4.69. The zero-order chi connectivity index (χ0) is 22.6. The Morgan fingerprint density at radius 3 is 2.55 bits per heavy atom. The standard InChI is InChI=1S/C20H20F3N3O4S/c1-12(27)25-9-13-7-14(11-25)18-6-5-17(19(28)26(18)10-13)24-31(29,30)16-4-2-3-15(8-16)20(21,22)23/h2-6,8,13-14,24H,7,9-11H2,1H3/t13-,14+/m0/s1. The number of rotatable bonds is 3. The van der Waals surface area contributed by atoms with Crippen LogP contribution < -0.4 is 10.3 Å². The summed E-state index contributed by atoms with van der Waals surface area (Å²) in [5, 5.41) is 0. The van der Waals surface area contributed by atoms with Gasteiger partial charge in [-0.1, -0.05) is 6.07 Å². The second-order valence-electron chi connectivity index (χ2n) is 7.94. The molecule has 2 aromatic rings. The molecule has 1 fully saturated rings. The van der Waals surface area contributed by atoms with E-state index in [4.69, 9.17) is 0 Å². The highest BCUT2D eigenvalue weighted by Crippen LogP contribution is 2.36. The van der Waals surface area contributed by atoms with E-state index in [0.717, 1.165) is 24.6 Å². The maximum atomic E-state index is 13.0. The van der Waals surface area contributed by atoms with Crippen LogP contribution in [0.1, 0.15) is 30.5 Å². The second-order valence-corrected chi connectivity index (χ2v) is 9.62. The summed E-state index contributed by atoms with van der Waals surface area (Å²) < 4.78 is 67.7. The summed E-state index contributed by atoms with van der Waals surface area (Å²) in [5.74, 6) is 0.0114. The first-order valence-corrected chi connectivity index (χ1v) is 11.1. The molecule has 2 aliphatic rings. The minimum absolute atomic E-state index is 0.0294. The molecule has 1 N–H and O–H groups in total. The zero-order valence-electron chi connectivity index (χ0n) is 16.5. The summed E-state index contributed by atoms with van der Waals surface area (Å²) >= 11 is 0. The van der Waals surface area contributed by atoms with E-state index in [2.05, 4.69) is 4.72 Å². The van der Waals surface area contributed by atoms with E-state index in [1.54, 1.807) is 11.0 Å². The number of carbonyl (C=O) groups excluding carboxylic acids is 1. The topological polar surface area (TPSA) is 88.5 Å². The number of alkyl halides is 3. The third-order valence-corrected chi connectivity index (χ3v) is 7.13. The van der Waals surface area contributed by atoms with Gasteiger partial charge in [-0.25, -0.2) is 8.42 Å². The maximum absolute atomic E-state index is 13.0. The number of hydrogen-bond donors (Lipinski definition) is 1. The van der Waals surface area contributed by atoms with Crippen molar-refractivity contribution in [1.29, 1.82) is 0 Å². The fraction of sp³-hybridized carbons (Fsp3) is 0.400. The summed E-state index contributed by atoms with van der Waals surface area (Å²) in [5.41, 5.74) is -1.17. The normalized spacial score (nSPS) is 20.8. The quantitative estimate of drug-likeness (QED) is 0.771. The van der Waals surface area contributed by atoms with Crippen LogP contribution in [0.2, 0.25) is 0 Å². The molecule has 166 valence electrons. The Hall–Kier alpha value is -2.82. The number of piperidine rings is 1. The summed E-state index contributed by atoms with van der Waals surface area (Å²) in [6, 6.07) is 6.30. The smallest absolute Gasteiger partial charge is 0.342 e. The number of hydrogen-bond acceptors (Lipinski definition) is 4. The number of pyridine rings is 1. The lowest BCUT2D eigenvalue weighted by molar-refractivity contribution is -0.137. The lowest BCUT2D eigenvalue weighted by Gasteiger charge is -2.42. The maximum Gasteiger partial charge on any atom is 0.416 e. The Morgan fingerprint density at radius 2 is 1.87 bits per heavy atom. The Labute approximate surface area is 176 Å². The molecule has 0 saturated carbocycles. The molecule has 0 unspecified atom stereocenters. The van der Waals surface area contributed by atoms with Crippen molar-refractivity contribution in [3.63, 3.8) is 0 Å². The number of aromatic nitrogens is 1. The number of nitrogens with one attached hydrogen (secondary N) is 1. The number of anilines is 1. The molecule has 0 aliphatic carbocycles. The SMILES string of the molecule is CC(=O)N1C[C@@H]2C[C@H](C1)c1ccc(NS(=O)(=O)c3cccc(C(F)(F)F)c3)c(=O)n1C2.